The number of primary amides is 1. The van der Waals surface area contributed by atoms with Gasteiger partial charge < -0.3 is 10.6 Å². The van der Waals surface area contributed by atoms with Crippen LogP contribution in [0.3, 0.4) is 0 Å². The van der Waals surface area contributed by atoms with Crippen molar-refractivity contribution in [2.45, 2.75) is 27.2 Å². The van der Waals surface area contributed by atoms with Crippen molar-refractivity contribution in [1.29, 1.82) is 0 Å². The molecule has 0 rings (SSSR count). The van der Waals surface area contributed by atoms with E-state index in [0.29, 0.717) is 5.70 Å². The van der Waals surface area contributed by atoms with Crippen LogP contribution in [0, 0.1) is 5.41 Å². The molecular weight excluding hydrogens is 164 g/mol. The van der Waals surface area contributed by atoms with Crippen molar-refractivity contribution in [2.75, 3.05) is 14.1 Å². The Balaban J connectivity index is 4.48. The van der Waals surface area contributed by atoms with Gasteiger partial charge in [0.05, 0.1) is 5.70 Å². The molecule has 0 atom stereocenters. The van der Waals surface area contributed by atoms with Gasteiger partial charge in [0.25, 0.3) is 5.91 Å². The van der Waals surface area contributed by atoms with E-state index >= 15 is 0 Å². The van der Waals surface area contributed by atoms with Gasteiger partial charge in [0, 0.05) is 14.1 Å². The Morgan fingerprint density at radius 2 is 1.85 bits per heavy atom. The zero-order chi connectivity index (χ0) is 10.6. The SMILES string of the molecule is CN(C)/C(=C/CC(C)(C)C)C(N)=O. The van der Waals surface area contributed by atoms with Gasteiger partial charge in [-0.2, -0.15) is 0 Å². The van der Waals surface area contributed by atoms with E-state index in [1.165, 1.54) is 0 Å². The molecule has 0 heterocycles. The first-order valence-corrected chi connectivity index (χ1v) is 4.41. The first-order valence-electron chi connectivity index (χ1n) is 4.41. The molecule has 0 aliphatic rings. The lowest BCUT2D eigenvalue weighted by Gasteiger charge is -2.18. The quantitative estimate of drug-likeness (QED) is 0.673. The number of rotatable bonds is 3. The molecule has 0 bridgehead atoms. The molecule has 76 valence electrons. The maximum Gasteiger partial charge on any atom is 0.264 e. The highest BCUT2D eigenvalue weighted by molar-refractivity contribution is 5.91. The van der Waals surface area contributed by atoms with Gasteiger partial charge in [-0.05, 0) is 11.8 Å². The molecule has 0 aromatic heterocycles. The molecule has 13 heavy (non-hydrogen) atoms. The minimum Gasteiger partial charge on any atom is -0.373 e. The number of allylic oxidation sites excluding steroid dienone is 1. The van der Waals surface area contributed by atoms with Crippen LogP contribution in [0.1, 0.15) is 27.2 Å². The second-order valence-electron chi connectivity index (χ2n) is 4.61. The van der Waals surface area contributed by atoms with Crippen molar-refractivity contribution < 1.29 is 4.79 Å². The molecule has 0 aromatic rings. The molecule has 0 aromatic carbocycles. The van der Waals surface area contributed by atoms with E-state index < -0.39 is 0 Å². The minimum atomic E-state index is -0.366. The zero-order valence-electron chi connectivity index (χ0n) is 9.22. The lowest BCUT2D eigenvalue weighted by Crippen LogP contribution is -2.25. The monoisotopic (exact) mass is 184 g/mol. The van der Waals surface area contributed by atoms with Crippen LogP contribution in [0.25, 0.3) is 0 Å². The van der Waals surface area contributed by atoms with Crippen molar-refractivity contribution in [3.8, 4) is 0 Å². The Bertz CT molecular complexity index is 211. The third-order valence-electron chi connectivity index (χ3n) is 1.64. The van der Waals surface area contributed by atoms with E-state index in [2.05, 4.69) is 20.8 Å². The highest BCUT2D eigenvalue weighted by atomic mass is 16.1. The van der Waals surface area contributed by atoms with Crippen molar-refractivity contribution in [1.82, 2.24) is 4.90 Å². The van der Waals surface area contributed by atoms with Gasteiger partial charge in [0.15, 0.2) is 0 Å². The predicted octanol–water partition coefficient (Wildman–Crippen LogP) is 1.35. The molecule has 0 fully saturated rings. The largest absolute Gasteiger partial charge is 0.373 e. The Morgan fingerprint density at radius 3 is 2.08 bits per heavy atom. The summed E-state index contributed by atoms with van der Waals surface area (Å²) in [6.07, 6.45) is 2.74. The number of hydrogen-bond acceptors (Lipinski definition) is 2. The van der Waals surface area contributed by atoms with Crippen molar-refractivity contribution in [2.24, 2.45) is 11.1 Å². The van der Waals surface area contributed by atoms with Crippen molar-refractivity contribution >= 4 is 5.91 Å². The second-order valence-corrected chi connectivity index (χ2v) is 4.61. The van der Waals surface area contributed by atoms with E-state index in [1.807, 2.05) is 20.2 Å². The maximum atomic E-state index is 11.0. The molecule has 0 aliphatic heterocycles. The molecule has 0 spiro atoms. The summed E-state index contributed by atoms with van der Waals surface area (Å²) in [6.45, 7) is 6.37. The number of hydrogen-bond donors (Lipinski definition) is 1. The van der Waals surface area contributed by atoms with Gasteiger partial charge in [0.2, 0.25) is 0 Å². The Morgan fingerprint density at radius 1 is 1.38 bits per heavy atom. The first kappa shape index (κ1) is 12.0. The van der Waals surface area contributed by atoms with Crippen LogP contribution in [-0.2, 0) is 4.79 Å². The third-order valence-corrected chi connectivity index (χ3v) is 1.64. The third kappa shape index (κ3) is 5.28. The molecule has 0 radical (unpaired) electrons. The summed E-state index contributed by atoms with van der Waals surface area (Å²) in [7, 11) is 3.64. The van der Waals surface area contributed by atoms with Crippen molar-refractivity contribution in [3.63, 3.8) is 0 Å². The van der Waals surface area contributed by atoms with E-state index in [9.17, 15) is 4.79 Å². The minimum absolute atomic E-state index is 0.191. The van der Waals surface area contributed by atoms with Crippen LogP contribution < -0.4 is 5.73 Å². The number of likely N-dealkylation sites (N-methyl/N-ethyl adjacent to an activating group) is 1. The molecule has 0 saturated carbocycles. The summed E-state index contributed by atoms with van der Waals surface area (Å²) in [6, 6.07) is 0. The summed E-state index contributed by atoms with van der Waals surface area (Å²) in [5, 5.41) is 0. The highest BCUT2D eigenvalue weighted by Gasteiger charge is 2.11. The smallest absolute Gasteiger partial charge is 0.264 e. The molecule has 3 heteroatoms. The normalized spacial score (nSPS) is 12.8. The second kappa shape index (κ2) is 4.30. The molecule has 0 aliphatic carbocycles. The van der Waals surface area contributed by atoms with Crippen LogP contribution in [0.4, 0.5) is 0 Å². The summed E-state index contributed by atoms with van der Waals surface area (Å²) < 4.78 is 0. The zero-order valence-corrected chi connectivity index (χ0v) is 9.22. The van der Waals surface area contributed by atoms with Gasteiger partial charge in [0.1, 0.15) is 0 Å². The molecule has 1 amide bonds. The lowest BCUT2D eigenvalue weighted by molar-refractivity contribution is -0.115. The Hall–Kier alpha value is -0.990. The fourth-order valence-electron chi connectivity index (χ4n) is 0.906. The number of amides is 1. The highest BCUT2D eigenvalue weighted by Crippen LogP contribution is 2.20. The van der Waals surface area contributed by atoms with Crippen LogP contribution in [0.15, 0.2) is 11.8 Å². The first-order chi connectivity index (χ1) is 5.74. The van der Waals surface area contributed by atoms with Gasteiger partial charge in [-0.3, -0.25) is 4.79 Å². The van der Waals surface area contributed by atoms with Crippen LogP contribution >= 0.6 is 0 Å². The molecule has 0 unspecified atom stereocenters. The standard InChI is InChI=1S/C10H20N2O/c1-10(2,3)7-6-8(9(11)13)12(4)5/h6H,7H2,1-5H3,(H2,11,13)/b8-6+. The topological polar surface area (TPSA) is 46.3 Å². The number of carbonyl (C=O) groups excluding carboxylic acids is 1. The van der Waals surface area contributed by atoms with Gasteiger partial charge in [-0.25, -0.2) is 0 Å². The average molecular weight is 184 g/mol. The Labute approximate surface area is 80.6 Å². The molecule has 3 nitrogen and oxygen atoms in total. The fourth-order valence-corrected chi connectivity index (χ4v) is 0.906. The van der Waals surface area contributed by atoms with E-state index in [-0.39, 0.29) is 11.3 Å². The number of carbonyl (C=O) groups is 1. The van der Waals surface area contributed by atoms with Gasteiger partial charge >= 0.3 is 0 Å². The van der Waals surface area contributed by atoms with E-state index in [0.717, 1.165) is 6.42 Å². The number of nitrogens with zero attached hydrogens (tertiary/aromatic N) is 1. The van der Waals surface area contributed by atoms with Crippen LogP contribution in [0.2, 0.25) is 0 Å². The van der Waals surface area contributed by atoms with E-state index in [4.69, 9.17) is 5.73 Å². The summed E-state index contributed by atoms with van der Waals surface area (Å²) in [5.74, 6) is -0.366. The summed E-state index contributed by atoms with van der Waals surface area (Å²) in [5.41, 5.74) is 5.99. The lowest BCUT2D eigenvalue weighted by atomic mass is 9.92. The molecular formula is C10H20N2O. The molecule has 2 N–H and O–H groups in total. The van der Waals surface area contributed by atoms with Gasteiger partial charge in [-0.15, -0.1) is 0 Å². The van der Waals surface area contributed by atoms with Crippen LogP contribution in [0.5, 0.6) is 0 Å². The fraction of sp³-hybridized carbons (Fsp3) is 0.700. The summed E-state index contributed by atoms with van der Waals surface area (Å²) in [4.78, 5) is 12.7. The van der Waals surface area contributed by atoms with E-state index in [1.54, 1.807) is 4.90 Å². The Kier molecular flexibility index (Phi) is 3.98. The van der Waals surface area contributed by atoms with Crippen molar-refractivity contribution in [3.05, 3.63) is 11.8 Å². The summed E-state index contributed by atoms with van der Waals surface area (Å²) >= 11 is 0. The van der Waals surface area contributed by atoms with Crippen LogP contribution in [-0.4, -0.2) is 24.9 Å². The predicted molar refractivity (Wildman–Crippen MR) is 55.0 cm³/mol. The number of nitrogens with two attached hydrogens (primary N) is 1. The molecule has 0 saturated heterocycles. The average Bonchev–Trinajstić information content (AvgIpc) is 1.82. The maximum absolute atomic E-state index is 11.0. The van der Waals surface area contributed by atoms with Gasteiger partial charge in [-0.1, -0.05) is 26.8 Å².